The molecule has 1 aliphatic rings. The van der Waals surface area contributed by atoms with Crippen molar-refractivity contribution in [2.45, 2.75) is 25.2 Å². The van der Waals surface area contributed by atoms with Crippen LogP contribution in [0.25, 0.3) is 11.3 Å². The highest BCUT2D eigenvalue weighted by atomic mass is 16.5. The van der Waals surface area contributed by atoms with Gasteiger partial charge in [0.25, 0.3) is 0 Å². The van der Waals surface area contributed by atoms with Crippen LogP contribution in [-0.4, -0.2) is 23.0 Å². The fourth-order valence-corrected chi connectivity index (χ4v) is 3.65. The van der Waals surface area contributed by atoms with Crippen LogP contribution in [0.4, 0.5) is 0 Å². The van der Waals surface area contributed by atoms with Crippen LogP contribution < -0.4 is 0 Å². The van der Waals surface area contributed by atoms with Gasteiger partial charge in [0, 0.05) is 17.6 Å². The van der Waals surface area contributed by atoms with E-state index in [2.05, 4.69) is 40.3 Å². The maximum atomic E-state index is 11.7. The van der Waals surface area contributed by atoms with E-state index in [0.29, 0.717) is 11.6 Å². The molecule has 2 heterocycles. The summed E-state index contributed by atoms with van der Waals surface area (Å²) in [5.74, 6) is 0.158. The van der Waals surface area contributed by atoms with Gasteiger partial charge in [0.05, 0.1) is 7.11 Å². The number of methoxy groups -OCH3 is 1. The van der Waals surface area contributed by atoms with Gasteiger partial charge in [0.15, 0.2) is 0 Å². The molecule has 4 nitrogen and oxygen atoms in total. The quantitative estimate of drug-likeness (QED) is 0.712. The van der Waals surface area contributed by atoms with E-state index >= 15 is 0 Å². The lowest BCUT2D eigenvalue weighted by Gasteiger charge is -2.11. The summed E-state index contributed by atoms with van der Waals surface area (Å²) in [6.07, 6.45) is 5.04. The molecule has 0 amide bonds. The number of carbonyl (C=O) groups excluding carboxylic acids is 1. The van der Waals surface area contributed by atoms with E-state index in [1.54, 1.807) is 0 Å². The lowest BCUT2D eigenvalue weighted by Crippen LogP contribution is -2.02. The van der Waals surface area contributed by atoms with Crippen LogP contribution in [0.15, 0.2) is 48.7 Å². The number of benzene rings is 1. The molecule has 1 unspecified atom stereocenters. The Bertz CT molecular complexity index is 862. The Kier molecular flexibility index (Phi) is 3.73. The number of aromatic amines is 2. The topological polar surface area (TPSA) is 57.9 Å². The minimum Gasteiger partial charge on any atom is -0.464 e. The molecule has 1 aromatic carbocycles. The number of aromatic nitrogens is 2. The molecule has 4 rings (SSSR count). The fraction of sp³-hybridized carbons (Fsp3) is 0.250. The number of aryl methyl sites for hydroxylation is 1. The Balaban J connectivity index is 1.57. The van der Waals surface area contributed by atoms with Crippen molar-refractivity contribution >= 4 is 5.97 Å². The van der Waals surface area contributed by atoms with Crippen molar-refractivity contribution in [1.82, 2.24) is 9.97 Å². The largest absolute Gasteiger partial charge is 0.464 e. The van der Waals surface area contributed by atoms with E-state index in [4.69, 9.17) is 4.74 Å². The first-order valence-electron chi connectivity index (χ1n) is 8.27. The number of carbonyl (C=O) groups is 1. The number of hydrogen-bond acceptors (Lipinski definition) is 2. The number of hydrogen-bond donors (Lipinski definition) is 2. The van der Waals surface area contributed by atoms with Gasteiger partial charge in [-0.1, -0.05) is 18.2 Å². The van der Waals surface area contributed by atoms with Gasteiger partial charge in [-0.05, 0) is 66.1 Å². The molecule has 4 heteroatoms. The Morgan fingerprint density at radius 1 is 1.25 bits per heavy atom. The molecule has 1 aliphatic carbocycles. The third-order valence-corrected chi connectivity index (χ3v) is 4.84. The second-order valence-electron chi connectivity index (χ2n) is 6.33. The lowest BCUT2D eigenvalue weighted by molar-refractivity contribution is 0.0594. The molecule has 122 valence electrons. The average molecular weight is 320 g/mol. The Morgan fingerprint density at radius 2 is 2.17 bits per heavy atom. The number of esters is 1. The summed E-state index contributed by atoms with van der Waals surface area (Å²) >= 11 is 0. The van der Waals surface area contributed by atoms with Crippen LogP contribution in [0.3, 0.4) is 0 Å². The first kappa shape index (κ1) is 14.8. The minimum absolute atomic E-state index is 0.295. The van der Waals surface area contributed by atoms with Gasteiger partial charge in [-0.2, -0.15) is 0 Å². The average Bonchev–Trinajstić information content (AvgIpc) is 3.33. The number of H-pyrrole nitrogens is 2. The summed E-state index contributed by atoms with van der Waals surface area (Å²) < 4.78 is 4.81. The molecular formula is C20H20N2O2. The van der Waals surface area contributed by atoms with Gasteiger partial charge < -0.3 is 14.7 Å². The maximum absolute atomic E-state index is 11.7. The Morgan fingerprint density at radius 3 is 2.96 bits per heavy atom. The molecule has 0 radical (unpaired) electrons. The maximum Gasteiger partial charge on any atom is 0.354 e. The summed E-state index contributed by atoms with van der Waals surface area (Å²) in [5, 5.41) is 0. The molecule has 0 fully saturated rings. The zero-order valence-electron chi connectivity index (χ0n) is 13.6. The third kappa shape index (κ3) is 2.64. The molecule has 0 bridgehead atoms. The zero-order chi connectivity index (χ0) is 16.5. The highest BCUT2D eigenvalue weighted by Gasteiger charge is 2.26. The minimum atomic E-state index is -0.295. The lowest BCUT2D eigenvalue weighted by atomic mass is 9.93. The summed E-state index contributed by atoms with van der Waals surface area (Å²) in [4.78, 5) is 18.2. The van der Waals surface area contributed by atoms with Crippen LogP contribution in [0, 0.1) is 0 Å². The first-order valence-corrected chi connectivity index (χ1v) is 8.27. The van der Waals surface area contributed by atoms with Crippen molar-refractivity contribution in [2.75, 3.05) is 7.11 Å². The van der Waals surface area contributed by atoms with Crippen LogP contribution in [0.1, 0.15) is 39.6 Å². The standard InChI is InChI=1S/C20H20N2O2/c1-24-20(23)19-12-16-14(7-8-18(16)22-19)10-13-4-2-5-15(11-13)17-6-3-9-21-17/h2-6,9,11-12,14,21-22H,7-8,10H2,1H3. The predicted octanol–water partition coefficient (Wildman–Crippen LogP) is 4.07. The molecule has 0 saturated carbocycles. The highest BCUT2D eigenvalue weighted by Crippen LogP contribution is 2.36. The zero-order valence-corrected chi connectivity index (χ0v) is 13.6. The number of ether oxygens (including phenoxy) is 1. The van der Waals surface area contributed by atoms with E-state index in [-0.39, 0.29) is 5.97 Å². The van der Waals surface area contributed by atoms with Gasteiger partial charge in [-0.15, -0.1) is 0 Å². The summed E-state index contributed by atoms with van der Waals surface area (Å²) in [5.41, 5.74) is 6.67. The molecule has 0 saturated heterocycles. The monoisotopic (exact) mass is 320 g/mol. The van der Waals surface area contributed by atoms with Crippen molar-refractivity contribution in [3.8, 4) is 11.3 Å². The van der Waals surface area contributed by atoms with E-state index in [1.807, 2.05) is 18.3 Å². The number of fused-ring (bicyclic) bond motifs is 1. The van der Waals surface area contributed by atoms with Gasteiger partial charge in [-0.3, -0.25) is 0 Å². The summed E-state index contributed by atoms with van der Waals surface area (Å²) in [6, 6.07) is 14.7. The third-order valence-electron chi connectivity index (χ3n) is 4.84. The molecule has 2 N–H and O–H groups in total. The smallest absolute Gasteiger partial charge is 0.354 e. The molecular weight excluding hydrogens is 300 g/mol. The van der Waals surface area contributed by atoms with Gasteiger partial charge in [0.2, 0.25) is 0 Å². The molecule has 3 aromatic rings. The second kappa shape index (κ2) is 6.04. The molecule has 0 spiro atoms. The van der Waals surface area contributed by atoms with Crippen molar-refractivity contribution in [2.24, 2.45) is 0 Å². The Labute approximate surface area is 140 Å². The number of rotatable bonds is 4. The van der Waals surface area contributed by atoms with Crippen molar-refractivity contribution in [3.05, 3.63) is 71.2 Å². The normalized spacial score (nSPS) is 16.1. The van der Waals surface area contributed by atoms with E-state index in [9.17, 15) is 4.79 Å². The van der Waals surface area contributed by atoms with Gasteiger partial charge in [0.1, 0.15) is 5.69 Å². The van der Waals surface area contributed by atoms with E-state index in [0.717, 1.165) is 25.0 Å². The van der Waals surface area contributed by atoms with Crippen molar-refractivity contribution in [1.29, 1.82) is 0 Å². The second-order valence-corrected chi connectivity index (χ2v) is 6.33. The first-order chi connectivity index (χ1) is 11.7. The summed E-state index contributed by atoms with van der Waals surface area (Å²) in [6.45, 7) is 0. The molecule has 2 aromatic heterocycles. The van der Waals surface area contributed by atoms with Gasteiger partial charge in [-0.25, -0.2) is 4.79 Å². The van der Waals surface area contributed by atoms with Crippen LogP contribution >= 0.6 is 0 Å². The van der Waals surface area contributed by atoms with Gasteiger partial charge >= 0.3 is 5.97 Å². The highest BCUT2D eigenvalue weighted by molar-refractivity contribution is 5.88. The van der Waals surface area contributed by atoms with E-state index in [1.165, 1.54) is 29.5 Å². The SMILES string of the molecule is COC(=O)c1cc2c([nH]1)CCC2Cc1cccc(-c2ccc[nH]2)c1. The molecule has 0 aliphatic heterocycles. The van der Waals surface area contributed by atoms with Crippen LogP contribution in [0.2, 0.25) is 0 Å². The van der Waals surface area contributed by atoms with E-state index < -0.39 is 0 Å². The molecule has 1 atom stereocenters. The predicted molar refractivity (Wildman–Crippen MR) is 93.1 cm³/mol. The van der Waals surface area contributed by atoms with Crippen molar-refractivity contribution < 1.29 is 9.53 Å². The summed E-state index contributed by atoms with van der Waals surface area (Å²) in [7, 11) is 1.41. The van der Waals surface area contributed by atoms with Crippen molar-refractivity contribution in [3.63, 3.8) is 0 Å². The molecule has 24 heavy (non-hydrogen) atoms. The fourth-order valence-electron chi connectivity index (χ4n) is 3.65. The number of nitrogens with one attached hydrogen (secondary N) is 2. The van der Waals surface area contributed by atoms with Crippen LogP contribution in [-0.2, 0) is 17.6 Å². The Hall–Kier alpha value is -2.75. The van der Waals surface area contributed by atoms with Crippen LogP contribution in [0.5, 0.6) is 0 Å².